The lowest BCUT2D eigenvalue weighted by Gasteiger charge is -2.19. The molecule has 0 saturated heterocycles. The third-order valence-electron chi connectivity index (χ3n) is 3.58. The van der Waals surface area contributed by atoms with Crippen molar-refractivity contribution in [3.8, 4) is 22.3 Å². The molecule has 0 spiro atoms. The fourth-order valence-electron chi connectivity index (χ4n) is 2.61. The van der Waals surface area contributed by atoms with Gasteiger partial charge in [0.25, 0.3) is 0 Å². The number of rotatable bonds is 2. The van der Waals surface area contributed by atoms with Crippen LogP contribution in [-0.2, 0) is 6.18 Å². The van der Waals surface area contributed by atoms with Gasteiger partial charge in [0.05, 0.1) is 5.56 Å². The summed E-state index contributed by atoms with van der Waals surface area (Å²) in [5.41, 5.74) is 0.959. The largest absolute Gasteiger partial charge is 0.417 e. The van der Waals surface area contributed by atoms with Crippen LogP contribution in [0.2, 0.25) is 5.02 Å². The van der Waals surface area contributed by atoms with Gasteiger partial charge < -0.3 is 0 Å². The zero-order valence-electron chi connectivity index (χ0n) is 11.9. The topological polar surface area (TPSA) is 0 Å². The Kier molecular flexibility index (Phi) is 4.14. The van der Waals surface area contributed by atoms with Gasteiger partial charge in [0.15, 0.2) is 0 Å². The van der Waals surface area contributed by atoms with Crippen LogP contribution in [0.15, 0.2) is 72.8 Å². The Bertz CT molecular complexity index is 809. The molecule has 0 aliphatic rings. The van der Waals surface area contributed by atoms with E-state index in [2.05, 4.69) is 0 Å². The summed E-state index contributed by atoms with van der Waals surface area (Å²) in [5.74, 6) is 0. The molecule has 0 bridgehead atoms. The highest BCUT2D eigenvalue weighted by atomic mass is 35.5. The summed E-state index contributed by atoms with van der Waals surface area (Å²) in [4.78, 5) is 0. The summed E-state index contributed by atoms with van der Waals surface area (Å²) in [5, 5.41) is 0.294. The molecule has 0 amide bonds. The van der Waals surface area contributed by atoms with Gasteiger partial charge in [-0.1, -0.05) is 72.3 Å². The molecule has 0 aliphatic heterocycles. The first-order valence-electron chi connectivity index (χ1n) is 6.99. The third-order valence-corrected chi connectivity index (χ3v) is 3.90. The van der Waals surface area contributed by atoms with Crippen molar-refractivity contribution in [2.75, 3.05) is 0 Å². The number of hydrogen-bond donors (Lipinski definition) is 0. The Morgan fingerprint density at radius 3 is 1.57 bits per heavy atom. The molecule has 3 rings (SSSR count). The third kappa shape index (κ3) is 3.10. The van der Waals surface area contributed by atoms with Crippen LogP contribution in [0.1, 0.15) is 5.56 Å². The predicted molar refractivity (Wildman–Crippen MR) is 87.3 cm³/mol. The van der Waals surface area contributed by atoms with Crippen LogP contribution < -0.4 is 0 Å². The Balaban J connectivity index is 2.39. The SMILES string of the molecule is FC(F)(F)c1ccc(Cl)c(-c2ccccc2)c1-c1ccccc1. The highest BCUT2D eigenvalue weighted by molar-refractivity contribution is 6.34. The second kappa shape index (κ2) is 6.09. The molecule has 0 atom stereocenters. The molecular weight excluding hydrogens is 321 g/mol. The Labute approximate surface area is 137 Å². The second-order valence-corrected chi connectivity index (χ2v) is 5.48. The fourth-order valence-corrected chi connectivity index (χ4v) is 2.87. The molecule has 0 N–H and O–H groups in total. The Morgan fingerprint density at radius 2 is 1.09 bits per heavy atom. The van der Waals surface area contributed by atoms with Crippen LogP contribution >= 0.6 is 11.6 Å². The van der Waals surface area contributed by atoms with Crippen molar-refractivity contribution in [1.82, 2.24) is 0 Å². The molecule has 0 aromatic heterocycles. The van der Waals surface area contributed by atoms with E-state index < -0.39 is 11.7 Å². The van der Waals surface area contributed by atoms with E-state index in [1.54, 1.807) is 54.6 Å². The Hall–Kier alpha value is -2.26. The van der Waals surface area contributed by atoms with Gasteiger partial charge in [-0.3, -0.25) is 0 Å². The molecule has 116 valence electrons. The van der Waals surface area contributed by atoms with Crippen molar-refractivity contribution in [2.24, 2.45) is 0 Å². The normalized spacial score (nSPS) is 11.5. The number of halogens is 4. The van der Waals surface area contributed by atoms with E-state index >= 15 is 0 Å². The molecule has 3 aromatic rings. The molecule has 4 heteroatoms. The average Bonchev–Trinajstić information content (AvgIpc) is 2.55. The molecule has 23 heavy (non-hydrogen) atoms. The van der Waals surface area contributed by atoms with E-state index in [-0.39, 0.29) is 5.56 Å². The van der Waals surface area contributed by atoms with Gasteiger partial charge in [0.2, 0.25) is 0 Å². The minimum absolute atomic E-state index is 0.108. The van der Waals surface area contributed by atoms with E-state index in [0.29, 0.717) is 21.7 Å². The first-order chi connectivity index (χ1) is 11.0. The van der Waals surface area contributed by atoms with Crippen molar-refractivity contribution < 1.29 is 13.2 Å². The van der Waals surface area contributed by atoms with Crippen molar-refractivity contribution >= 4 is 11.6 Å². The summed E-state index contributed by atoms with van der Waals surface area (Å²) >= 11 is 6.27. The quantitative estimate of drug-likeness (QED) is 0.490. The van der Waals surface area contributed by atoms with Gasteiger partial charge in [0.1, 0.15) is 0 Å². The first-order valence-corrected chi connectivity index (χ1v) is 7.37. The maximum absolute atomic E-state index is 13.5. The van der Waals surface area contributed by atoms with Crippen LogP contribution in [0.5, 0.6) is 0 Å². The molecule has 3 aromatic carbocycles. The predicted octanol–water partition coefficient (Wildman–Crippen LogP) is 6.69. The lowest BCUT2D eigenvalue weighted by Crippen LogP contribution is -2.08. The van der Waals surface area contributed by atoms with E-state index in [1.807, 2.05) is 6.07 Å². The molecule has 0 fully saturated rings. The van der Waals surface area contributed by atoms with E-state index in [4.69, 9.17) is 11.6 Å². The van der Waals surface area contributed by atoms with E-state index in [0.717, 1.165) is 6.07 Å². The van der Waals surface area contributed by atoms with Crippen molar-refractivity contribution in [1.29, 1.82) is 0 Å². The summed E-state index contributed by atoms with van der Waals surface area (Å²) < 4.78 is 40.6. The summed E-state index contributed by atoms with van der Waals surface area (Å²) in [6, 6.07) is 19.7. The molecular formula is C19H12ClF3. The smallest absolute Gasteiger partial charge is 0.166 e. The maximum atomic E-state index is 13.5. The fraction of sp³-hybridized carbons (Fsp3) is 0.0526. The lowest BCUT2D eigenvalue weighted by atomic mass is 9.90. The number of alkyl halides is 3. The minimum Gasteiger partial charge on any atom is -0.166 e. The Morgan fingerprint density at radius 1 is 0.609 bits per heavy atom. The standard InChI is InChI=1S/C19H12ClF3/c20-16-12-11-15(19(21,22)23)17(13-7-3-1-4-8-13)18(16)14-9-5-2-6-10-14/h1-12H. The lowest BCUT2D eigenvalue weighted by molar-refractivity contribution is -0.137. The maximum Gasteiger partial charge on any atom is 0.417 e. The van der Waals surface area contributed by atoms with Gasteiger partial charge in [-0.15, -0.1) is 0 Å². The molecule has 0 nitrogen and oxygen atoms in total. The highest BCUT2D eigenvalue weighted by Gasteiger charge is 2.35. The van der Waals surface area contributed by atoms with Crippen LogP contribution in [0.3, 0.4) is 0 Å². The van der Waals surface area contributed by atoms with Gasteiger partial charge in [0, 0.05) is 16.1 Å². The zero-order chi connectivity index (χ0) is 16.4. The average molecular weight is 333 g/mol. The van der Waals surface area contributed by atoms with Crippen LogP contribution in [-0.4, -0.2) is 0 Å². The van der Waals surface area contributed by atoms with Crippen molar-refractivity contribution in [2.45, 2.75) is 6.18 Å². The van der Waals surface area contributed by atoms with Gasteiger partial charge in [-0.05, 0) is 23.3 Å². The summed E-state index contributed by atoms with van der Waals surface area (Å²) in [6.45, 7) is 0. The minimum atomic E-state index is -4.46. The van der Waals surface area contributed by atoms with E-state index in [9.17, 15) is 13.2 Å². The number of hydrogen-bond acceptors (Lipinski definition) is 0. The van der Waals surface area contributed by atoms with Crippen LogP contribution in [0.25, 0.3) is 22.3 Å². The first kappa shape index (κ1) is 15.6. The van der Waals surface area contributed by atoms with Crippen LogP contribution in [0.4, 0.5) is 13.2 Å². The molecule has 0 unspecified atom stereocenters. The van der Waals surface area contributed by atoms with Crippen LogP contribution in [0, 0.1) is 0 Å². The zero-order valence-corrected chi connectivity index (χ0v) is 12.7. The van der Waals surface area contributed by atoms with Gasteiger partial charge in [-0.25, -0.2) is 0 Å². The van der Waals surface area contributed by atoms with Gasteiger partial charge in [-0.2, -0.15) is 13.2 Å². The molecule has 0 aliphatic carbocycles. The molecule has 0 radical (unpaired) electrons. The number of benzene rings is 3. The molecule has 0 heterocycles. The summed E-state index contributed by atoms with van der Waals surface area (Å²) in [7, 11) is 0. The van der Waals surface area contributed by atoms with Crippen molar-refractivity contribution in [3.63, 3.8) is 0 Å². The van der Waals surface area contributed by atoms with E-state index in [1.165, 1.54) is 6.07 Å². The summed E-state index contributed by atoms with van der Waals surface area (Å²) in [6.07, 6.45) is -4.46. The van der Waals surface area contributed by atoms with Gasteiger partial charge >= 0.3 is 6.18 Å². The molecule has 0 saturated carbocycles. The monoisotopic (exact) mass is 332 g/mol. The van der Waals surface area contributed by atoms with Crippen molar-refractivity contribution in [3.05, 3.63) is 83.4 Å². The second-order valence-electron chi connectivity index (χ2n) is 5.07. The highest BCUT2D eigenvalue weighted by Crippen LogP contribution is 2.45.